The number of benzene rings is 2. The molecular weight excluding hydrogens is 340 g/mol. The molecule has 134 valence electrons. The average Bonchev–Trinajstić information content (AvgIpc) is 3.39. The Hall–Kier alpha value is -3.67. The van der Waals surface area contributed by atoms with Crippen molar-refractivity contribution in [2.75, 3.05) is 5.32 Å². The van der Waals surface area contributed by atoms with Crippen LogP contribution in [0.15, 0.2) is 77.6 Å². The first-order chi connectivity index (χ1) is 13.2. The zero-order valence-electron chi connectivity index (χ0n) is 14.8. The summed E-state index contributed by atoms with van der Waals surface area (Å²) >= 11 is 0. The summed E-state index contributed by atoms with van der Waals surface area (Å²) in [7, 11) is 0. The fourth-order valence-electron chi connectivity index (χ4n) is 2.73. The van der Waals surface area contributed by atoms with Crippen LogP contribution in [0.3, 0.4) is 0 Å². The molecule has 0 unspecified atom stereocenters. The second-order valence-corrected chi connectivity index (χ2v) is 6.09. The number of nitrogens with zero attached hydrogens (tertiary/aromatic N) is 3. The molecule has 1 N–H and O–H groups in total. The van der Waals surface area contributed by atoms with Crippen molar-refractivity contribution in [1.29, 1.82) is 0 Å². The number of para-hydroxylation sites is 1. The van der Waals surface area contributed by atoms with E-state index in [9.17, 15) is 4.79 Å². The summed E-state index contributed by atoms with van der Waals surface area (Å²) < 4.78 is 6.90. The SMILES string of the molecule is CCc1ccc(-c2cc(NC(=O)c3cnn(-c4ccccc4)c3)on2)cc1. The van der Waals surface area contributed by atoms with Crippen LogP contribution in [0.4, 0.5) is 5.88 Å². The van der Waals surface area contributed by atoms with Crippen molar-refractivity contribution in [2.24, 2.45) is 0 Å². The number of hydrogen-bond acceptors (Lipinski definition) is 4. The van der Waals surface area contributed by atoms with Crippen LogP contribution in [0.25, 0.3) is 16.9 Å². The van der Waals surface area contributed by atoms with E-state index in [2.05, 4.69) is 34.6 Å². The molecule has 6 nitrogen and oxygen atoms in total. The fourth-order valence-corrected chi connectivity index (χ4v) is 2.73. The minimum absolute atomic E-state index is 0.294. The molecule has 27 heavy (non-hydrogen) atoms. The highest BCUT2D eigenvalue weighted by Crippen LogP contribution is 2.22. The van der Waals surface area contributed by atoms with E-state index in [-0.39, 0.29) is 5.91 Å². The lowest BCUT2D eigenvalue weighted by molar-refractivity contribution is 0.102. The fraction of sp³-hybridized carbons (Fsp3) is 0.0952. The first kappa shape index (κ1) is 16.8. The molecule has 4 aromatic rings. The van der Waals surface area contributed by atoms with Gasteiger partial charge in [-0.3, -0.25) is 10.1 Å². The van der Waals surface area contributed by atoms with Crippen LogP contribution in [0, 0.1) is 0 Å². The standard InChI is InChI=1S/C21H18N4O2/c1-2-15-8-10-16(11-9-15)19-12-20(27-24-19)23-21(26)17-13-22-25(14-17)18-6-4-3-5-7-18/h3-14H,2H2,1H3,(H,23,26). The number of amides is 1. The summed E-state index contributed by atoms with van der Waals surface area (Å²) in [5.41, 5.74) is 4.19. The van der Waals surface area contributed by atoms with Gasteiger partial charge in [-0.15, -0.1) is 0 Å². The lowest BCUT2D eigenvalue weighted by Crippen LogP contribution is -2.10. The van der Waals surface area contributed by atoms with Crippen LogP contribution in [0.2, 0.25) is 0 Å². The van der Waals surface area contributed by atoms with Gasteiger partial charge in [-0.1, -0.05) is 54.5 Å². The molecule has 4 rings (SSSR count). The molecule has 0 aliphatic heterocycles. The van der Waals surface area contributed by atoms with Crippen molar-refractivity contribution in [3.8, 4) is 16.9 Å². The number of carbonyl (C=O) groups is 1. The molecule has 2 aromatic heterocycles. The van der Waals surface area contributed by atoms with Crippen LogP contribution in [-0.2, 0) is 6.42 Å². The predicted octanol–water partition coefficient (Wildman–Crippen LogP) is 4.34. The minimum atomic E-state index is -0.304. The van der Waals surface area contributed by atoms with E-state index in [1.54, 1.807) is 16.9 Å². The molecule has 0 spiro atoms. The van der Waals surface area contributed by atoms with Gasteiger partial charge >= 0.3 is 0 Å². The minimum Gasteiger partial charge on any atom is -0.338 e. The van der Waals surface area contributed by atoms with Crippen molar-refractivity contribution >= 4 is 11.8 Å². The number of aryl methyl sites for hydroxylation is 1. The third-order valence-electron chi connectivity index (χ3n) is 4.27. The van der Waals surface area contributed by atoms with E-state index in [1.165, 1.54) is 11.8 Å². The van der Waals surface area contributed by atoms with Crippen molar-refractivity contribution in [2.45, 2.75) is 13.3 Å². The van der Waals surface area contributed by atoms with Gasteiger partial charge in [0.25, 0.3) is 5.91 Å². The summed E-state index contributed by atoms with van der Waals surface area (Å²) in [4.78, 5) is 12.4. The lowest BCUT2D eigenvalue weighted by atomic mass is 10.1. The third-order valence-corrected chi connectivity index (χ3v) is 4.27. The monoisotopic (exact) mass is 358 g/mol. The molecule has 0 bridgehead atoms. The Morgan fingerprint density at radius 2 is 1.89 bits per heavy atom. The molecule has 2 heterocycles. The van der Waals surface area contributed by atoms with Gasteiger partial charge in [0, 0.05) is 17.8 Å². The highest BCUT2D eigenvalue weighted by Gasteiger charge is 2.13. The highest BCUT2D eigenvalue weighted by atomic mass is 16.5. The number of nitrogens with one attached hydrogen (secondary N) is 1. The zero-order chi connectivity index (χ0) is 18.6. The molecule has 0 aliphatic carbocycles. The quantitative estimate of drug-likeness (QED) is 0.576. The first-order valence-electron chi connectivity index (χ1n) is 8.70. The Labute approximate surface area is 156 Å². The van der Waals surface area contributed by atoms with E-state index in [1.807, 2.05) is 42.5 Å². The molecule has 1 amide bonds. The lowest BCUT2D eigenvalue weighted by Gasteiger charge is -1.99. The van der Waals surface area contributed by atoms with E-state index in [0.717, 1.165) is 17.7 Å². The summed E-state index contributed by atoms with van der Waals surface area (Å²) in [5, 5.41) is 11.0. The van der Waals surface area contributed by atoms with Gasteiger partial charge in [0.05, 0.1) is 17.4 Å². The Balaban J connectivity index is 1.47. The third kappa shape index (κ3) is 3.64. The normalized spacial score (nSPS) is 10.7. The van der Waals surface area contributed by atoms with E-state index < -0.39 is 0 Å². The van der Waals surface area contributed by atoms with Crippen LogP contribution in [0.1, 0.15) is 22.8 Å². The smallest absolute Gasteiger partial charge is 0.261 e. The molecule has 0 aliphatic rings. The van der Waals surface area contributed by atoms with Crippen molar-refractivity contribution < 1.29 is 9.32 Å². The maximum absolute atomic E-state index is 12.4. The molecule has 0 radical (unpaired) electrons. The Morgan fingerprint density at radius 1 is 1.11 bits per heavy atom. The first-order valence-corrected chi connectivity index (χ1v) is 8.70. The summed E-state index contributed by atoms with van der Waals surface area (Å²) in [5.74, 6) is -0.0109. The molecule has 0 saturated carbocycles. The molecule has 0 saturated heterocycles. The number of carbonyl (C=O) groups excluding carboxylic acids is 1. The van der Waals surface area contributed by atoms with Crippen LogP contribution in [0.5, 0.6) is 0 Å². The van der Waals surface area contributed by atoms with Gasteiger partial charge < -0.3 is 4.52 Å². The molecule has 6 heteroatoms. The van der Waals surface area contributed by atoms with Gasteiger partial charge in [-0.05, 0) is 24.1 Å². The van der Waals surface area contributed by atoms with Gasteiger partial charge in [0.15, 0.2) is 0 Å². The topological polar surface area (TPSA) is 73.0 Å². The average molecular weight is 358 g/mol. The highest BCUT2D eigenvalue weighted by molar-refractivity contribution is 6.03. The van der Waals surface area contributed by atoms with Gasteiger partial charge in [-0.2, -0.15) is 5.10 Å². The van der Waals surface area contributed by atoms with E-state index >= 15 is 0 Å². The van der Waals surface area contributed by atoms with Crippen molar-refractivity contribution in [1.82, 2.24) is 14.9 Å². The largest absolute Gasteiger partial charge is 0.338 e. The van der Waals surface area contributed by atoms with Gasteiger partial charge in [-0.25, -0.2) is 4.68 Å². The van der Waals surface area contributed by atoms with Crippen LogP contribution >= 0.6 is 0 Å². The maximum Gasteiger partial charge on any atom is 0.261 e. The van der Waals surface area contributed by atoms with Gasteiger partial charge in [0.1, 0.15) is 5.69 Å². The Bertz CT molecular complexity index is 1050. The summed E-state index contributed by atoms with van der Waals surface area (Å²) in [6.45, 7) is 2.11. The molecular formula is C21H18N4O2. The van der Waals surface area contributed by atoms with Gasteiger partial charge in [0.2, 0.25) is 5.88 Å². The number of anilines is 1. The van der Waals surface area contributed by atoms with Crippen molar-refractivity contribution in [3.63, 3.8) is 0 Å². The second-order valence-electron chi connectivity index (χ2n) is 6.09. The van der Waals surface area contributed by atoms with E-state index in [4.69, 9.17) is 4.52 Å². The van der Waals surface area contributed by atoms with Crippen molar-refractivity contribution in [3.05, 3.63) is 84.2 Å². The second kappa shape index (κ2) is 7.29. The molecule has 0 atom stereocenters. The van der Waals surface area contributed by atoms with Crippen LogP contribution in [-0.4, -0.2) is 20.8 Å². The van der Waals surface area contributed by atoms with E-state index in [0.29, 0.717) is 17.1 Å². The number of aromatic nitrogens is 3. The maximum atomic E-state index is 12.4. The Morgan fingerprint density at radius 3 is 2.63 bits per heavy atom. The summed E-state index contributed by atoms with van der Waals surface area (Å²) in [6, 6.07) is 19.4. The molecule has 0 fully saturated rings. The summed E-state index contributed by atoms with van der Waals surface area (Å²) in [6.07, 6.45) is 4.17. The zero-order valence-corrected chi connectivity index (χ0v) is 14.8. The van der Waals surface area contributed by atoms with Crippen LogP contribution < -0.4 is 5.32 Å². The predicted molar refractivity (Wildman–Crippen MR) is 103 cm³/mol. The number of hydrogen-bond donors (Lipinski definition) is 1. The molecule has 2 aromatic carbocycles. The number of rotatable bonds is 5. The Kier molecular flexibility index (Phi) is 4.53.